The van der Waals surface area contributed by atoms with Gasteiger partial charge in [-0.1, -0.05) is 30.3 Å². The Morgan fingerprint density at radius 2 is 1.71 bits per heavy atom. The summed E-state index contributed by atoms with van der Waals surface area (Å²) in [6.07, 6.45) is 0. The van der Waals surface area contributed by atoms with Gasteiger partial charge in [0.05, 0.1) is 4.47 Å². The van der Waals surface area contributed by atoms with Gasteiger partial charge in [0, 0.05) is 0 Å². The molecule has 0 amide bonds. The van der Waals surface area contributed by atoms with Gasteiger partial charge in [-0.05, 0) is 56.5 Å². The van der Waals surface area contributed by atoms with Crippen LogP contribution < -0.4 is 4.74 Å². The van der Waals surface area contributed by atoms with Gasteiger partial charge in [-0.3, -0.25) is 0 Å². The van der Waals surface area contributed by atoms with Gasteiger partial charge in [0.25, 0.3) is 0 Å². The molecule has 3 aromatic carbocycles. The molecule has 0 aliphatic rings. The number of phenolic OH excluding ortho intramolecular Hbond substituents is 1. The van der Waals surface area contributed by atoms with Gasteiger partial charge in [0.1, 0.15) is 12.4 Å². The van der Waals surface area contributed by atoms with E-state index in [-0.39, 0.29) is 18.2 Å². The highest BCUT2D eigenvalue weighted by molar-refractivity contribution is 9.10. The summed E-state index contributed by atoms with van der Waals surface area (Å²) >= 11 is 3.14. The Labute approximate surface area is 129 Å². The van der Waals surface area contributed by atoms with E-state index >= 15 is 0 Å². The Kier molecular flexibility index (Phi) is 3.80. The van der Waals surface area contributed by atoms with Crippen molar-refractivity contribution in [2.45, 2.75) is 6.61 Å². The number of rotatable bonds is 3. The molecule has 0 saturated carbocycles. The van der Waals surface area contributed by atoms with E-state index in [1.807, 2.05) is 24.3 Å². The first-order valence-corrected chi connectivity index (χ1v) is 7.21. The molecule has 3 aromatic rings. The van der Waals surface area contributed by atoms with Gasteiger partial charge >= 0.3 is 0 Å². The second-order valence-electron chi connectivity index (χ2n) is 4.70. The SMILES string of the molecule is Oc1cc2ccccc2cc1OCc1ccc(F)c(Br)c1. The van der Waals surface area contributed by atoms with Crippen molar-refractivity contribution in [3.05, 3.63) is 70.5 Å². The molecule has 106 valence electrons. The third-order valence-corrected chi connectivity index (χ3v) is 3.81. The van der Waals surface area contributed by atoms with Gasteiger partial charge < -0.3 is 9.84 Å². The van der Waals surface area contributed by atoms with E-state index < -0.39 is 0 Å². The Morgan fingerprint density at radius 3 is 2.43 bits per heavy atom. The zero-order valence-electron chi connectivity index (χ0n) is 11.0. The molecular weight excluding hydrogens is 335 g/mol. The van der Waals surface area contributed by atoms with Crippen LogP contribution >= 0.6 is 15.9 Å². The van der Waals surface area contributed by atoms with E-state index in [4.69, 9.17) is 4.74 Å². The van der Waals surface area contributed by atoms with E-state index in [9.17, 15) is 9.50 Å². The molecule has 4 heteroatoms. The number of aromatic hydroxyl groups is 1. The zero-order valence-corrected chi connectivity index (χ0v) is 12.6. The minimum atomic E-state index is -0.313. The first kappa shape index (κ1) is 13.9. The van der Waals surface area contributed by atoms with Crippen LogP contribution in [0.15, 0.2) is 59.1 Å². The maximum atomic E-state index is 13.2. The van der Waals surface area contributed by atoms with Crippen LogP contribution in [0.25, 0.3) is 10.8 Å². The van der Waals surface area contributed by atoms with Crippen molar-refractivity contribution in [3.8, 4) is 11.5 Å². The lowest BCUT2D eigenvalue weighted by atomic mass is 10.1. The summed E-state index contributed by atoms with van der Waals surface area (Å²) in [7, 11) is 0. The largest absolute Gasteiger partial charge is 0.504 e. The quantitative estimate of drug-likeness (QED) is 0.720. The van der Waals surface area contributed by atoms with Gasteiger partial charge in [-0.25, -0.2) is 4.39 Å². The van der Waals surface area contributed by atoms with Gasteiger partial charge in [-0.15, -0.1) is 0 Å². The molecule has 0 aliphatic carbocycles. The number of fused-ring (bicyclic) bond motifs is 1. The Hall–Kier alpha value is -2.07. The highest BCUT2D eigenvalue weighted by atomic mass is 79.9. The van der Waals surface area contributed by atoms with Crippen molar-refractivity contribution in [3.63, 3.8) is 0 Å². The molecule has 0 bridgehead atoms. The molecule has 0 spiro atoms. The molecule has 3 rings (SSSR count). The number of phenols is 1. The fourth-order valence-corrected chi connectivity index (χ4v) is 2.54. The smallest absolute Gasteiger partial charge is 0.162 e. The molecular formula is C17H12BrFO2. The molecule has 0 heterocycles. The van der Waals surface area contributed by atoms with Crippen LogP contribution in [-0.2, 0) is 6.61 Å². The van der Waals surface area contributed by atoms with Crippen molar-refractivity contribution in [2.75, 3.05) is 0 Å². The highest BCUT2D eigenvalue weighted by Crippen LogP contribution is 2.32. The fraction of sp³-hybridized carbons (Fsp3) is 0.0588. The minimum absolute atomic E-state index is 0.0925. The van der Waals surface area contributed by atoms with Crippen LogP contribution in [0.2, 0.25) is 0 Å². The maximum Gasteiger partial charge on any atom is 0.162 e. The Bertz CT molecular complexity index is 802. The van der Waals surface area contributed by atoms with Crippen LogP contribution in [0.1, 0.15) is 5.56 Å². The van der Waals surface area contributed by atoms with Crippen molar-refractivity contribution in [1.82, 2.24) is 0 Å². The van der Waals surface area contributed by atoms with Gasteiger partial charge in [0.15, 0.2) is 11.5 Å². The highest BCUT2D eigenvalue weighted by Gasteiger charge is 2.06. The monoisotopic (exact) mass is 346 g/mol. The number of benzene rings is 3. The zero-order chi connectivity index (χ0) is 14.8. The normalized spacial score (nSPS) is 10.8. The third-order valence-electron chi connectivity index (χ3n) is 3.21. The molecule has 21 heavy (non-hydrogen) atoms. The summed E-state index contributed by atoms with van der Waals surface area (Å²) in [6.45, 7) is 0.255. The van der Waals surface area contributed by atoms with Crippen LogP contribution in [0.4, 0.5) is 4.39 Å². The van der Waals surface area contributed by atoms with E-state index in [1.54, 1.807) is 24.3 Å². The lowest BCUT2D eigenvalue weighted by Crippen LogP contribution is -1.96. The van der Waals surface area contributed by atoms with Crippen LogP contribution in [0, 0.1) is 5.82 Å². The van der Waals surface area contributed by atoms with E-state index in [0.717, 1.165) is 16.3 Å². The second-order valence-corrected chi connectivity index (χ2v) is 5.56. The maximum absolute atomic E-state index is 13.2. The first-order valence-electron chi connectivity index (χ1n) is 6.42. The minimum Gasteiger partial charge on any atom is -0.504 e. The van der Waals surface area contributed by atoms with Crippen molar-refractivity contribution >= 4 is 26.7 Å². The molecule has 0 aliphatic heterocycles. The average Bonchev–Trinajstić information content (AvgIpc) is 2.48. The molecule has 2 nitrogen and oxygen atoms in total. The first-order chi connectivity index (χ1) is 10.1. The number of hydrogen-bond acceptors (Lipinski definition) is 2. The summed E-state index contributed by atoms with van der Waals surface area (Å²) in [5, 5.41) is 11.9. The number of hydrogen-bond donors (Lipinski definition) is 1. The van der Waals surface area contributed by atoms with E-state index in [2.05, 4.69) is 15.9 Å². The molecule has 0 unspecified atom stereocenters. The van der Waals surface area contributed by atoms with Crippen molar-refractivity contribution in [2.24, 2.45) is 0 Å². The summed E-state index contributed by atoms with van der Waals surface area (Å²) in [6, 6.07) is 15.9. The lowest BCUT2D eigenvalue weighted by Gasteiger charge is -2.10. The average molecular weight is 347 g/mol. The summed E-state index contributed by atoms with van der Waals surface area (Å²) in [5.74, 6) is 0.191. The van der Waals surface area contributed by atoms with Gasteiger partial charge in [-0.2, -0.15) is 0 Å². The van der Waals surface area contributed by atoms with E-state index in [1.165, 1.54) is 6.07 Å². The number of ether oxygens (including phenoxy) is 1. The molecule has 0 fully saturated rings. The molecule has 0 saturated heterocycles. The van der Waals surface area contributed by atoms with Crippen LogP contribution in [-0.4, -0.2) is 5.11 Å². The molecule has 0 aromatic heterocycles. The van der Waals surface area contributed by atoms with Crippen LogP contribution in [0.3, 0.4) is 0 Å². The standard InChI is InChI=1S/C17H12BrFO2/c18-14-7-11(5-6-15(14)19)10-21-17-9-13-4-2-1-3-12(13)8-16(17)20/h1-9,20H,10H2. The summed E-state index contributed by atoms with van der Waals surface area (Å²) in [5.41, 5.74) is 0.816. The Balaban J connectivity index is 1.84. The third kappa shape index (κ3) is 3.00. The summed E-state index contributed by atoms with van der Waals surface area (Å²) in [4.78, 5) is 0. The Morgan fingerprint density at radius 1 is 1.00 bits per heavy atom. The second kappa shape index (κ2) is 5.74. The number of halogens is 2. The van der Waals surface area contributed by atoms with Crippen LogP contribution in [0.5, 0.6) is 11.5 Å². The molecule has 1 N–H and O–H groups in total. The van der Waals surface area contributed by atoms with E-state index in [0.29, 0.717) is 10.2 Å². The molecule has 0 radical (unpaired) electrons. The lowest BCUT2D eigenvalue weighted by molar-refractivity contribution is 0.289. The fourth-order valence-electron chi connectivity index (χ4n) is 2.11. The van der Waals surface area contributed by atoms with Crippen molar-refractivity contribution in [1.29, 1.82) is 0 Å². The topological polar surface area (TPSA) is 29.5 Å². The molecule has 0 atom stereocenters. The predicted molar refractivity (Wildman–Crippen MR) is 84.0 cm³/mol. The summed E-state index contributed by atoms with van der Waals surface area (Å²) < 4.78 is 19.2. The van der Waals surface area contributed by atoms with Gasteiger partial charge in [0.2, 0.25) is 0 Å². The van der Waals surface area contributed by atoms with Crippen molar-refractivity contribution < 1.29 is 14.2 Å². The predicted octanol–water partition coefficient (Wildman–Crippen LogP) is 5.03.